The van der Waals surface area contributed by atoms with Gasteiger partial charge >= 0.3 is 0 Å². The van der Waals surface area contributed by atoms with Crippen LogP contribution in [0.4, 0.5) is 0 Å². The largest absolute Gasteiger partial charge is 0.294 e. The number of piperidine rings is 1. The Kier molecular flexibility index (Phi) is 3.82. The fourth-order valence-corrected chi connectivity index (χ4v) is 2.75. The van der Waals surface area contributed by atoms with Crippen LogP contribution in [-0.4, -0.2) is 33.5 Å². The fourth-order valence-electron chi connectivity index (χ4n) is 2.11. The minimum atomic E-state index is -3.20. The van der Waals surface area contributed by atoms with Crippen molar-refractivity contribution < 1.29 is 13.2 Å². The van der Waals surface area contributed by atoms with E-state index in [1.165, 1.54) is 12.1 Å². The predicted octanol–water partition coefficient (Wildman–Crippen LogP) is 1.29. The van der Waals surface area contributed by atoms with Crippen LogP contribution in [-0.2, 0) is 9.84 Å². The minimum absolute atomic E-state index is 0.0339. The Morgan fingerprint density at radius 2 is 1.72 bits per heavy atom. The highest BCUT2D eigenvalue weighted by Gasteiger charge is 2.22. The molecule has 0 atom stereocenters. The quantitative estimate of drug-likeness (QED) is 0.774. The molecule has 4 nitrogen and oxygen atoms in total. The second kappa shape index (κ2) is 5.20. The Morgan fingerprint density at radius 3 is 2.22 bits per heavy atom. The van der Waals surface area contributed by atoms with E-state index in [2.05, 4.69) is 5.32 Å². The Morgan fingerprint density at radius 1 is 1.17 bits per heavy atom. The molecule has 1 aromatic rings. The van der Waals surface area contributed by atoms with Crippen molar-refractivity contribution in [2.24, 2.45) is 5.92 Å². The van der Waals surface area contributed by atoms with Crippen molar-refractivity contribution in [1.82, 2.24) is 5.32 Å². The van der Waals surface area contributed by atoms with Crippen molar-refractivity contribution in [3.05, 3.63) is 29.8 Å². The summed E-state index contributed by atoms with van der Waals surface area (Å²) in [5.74, 6) is 0.136. The number of carbonyl (C=O) groups excluding carboxylic acids is 1. The van der Waals surface area contributed by atoms with Crippen LogP contribution >= 0.6 is 0 Å². The number of rotatable bonds is 3. The molecule has 0 unspecified atom stereocenters. The van der Waals surface area contributed by atoms with Crippen LogP contribution in [0.25, 0.3) is 0 Å². The third-order valence-electron chi connectivity index (χ3n) is 3.21. The smallest absolute Gasteiger partial charge is 0.175 e. The fraction of sp³-hybridized carbons (Fsp3) is 0.462. The van der Waals surface area contributed by atoms with E-state index in [4.69, 9.17) is 0 Å². The molecule has 0 spiro atoms. The number of hydrogen-bond acceptors (Lipinski definition) is 3. The van der Waals surface area contributed by atoms with Crippen LogP contribution in [0.2, 0.25) is 0 Å². The molecule has 2 rings (SSSR count). The molecule has 1 saturated heterocycles. The lowest BCUT2D eigenvalue weighted by Gasteiger charge is -2.20. The maximum absolute atomic E-state index is 12.2. The molecule has 18 heavy (non-hydrogen) atoms. The lowest BCUT2D eigenvalue weighted by atomic mass is 9.90. The van der Waals surface area contributed by atoms with Crippen molar-refractivity contribution >= 4 is 15.6 Å². The summed E-state index contributed by atoms with van der Waals surface area (Å²) in [5.41, 5.74) is 0.592. The number of carbonyl (C=O) groups is 1. The number of hydrogen-bond donors (Lipinski definition) is 0. The number of sulfone groups is 1. The maximum atomic E-state index is 12.2. The molecule has 5 heteroatoms. The summed E-state index contributed by atoms with van der Waals surface area (Å²) in [6, 6.07) is 6.19. The topological polar surface area (TPSA) is 65.3 Å². The van der Waals surface area contributed by atoms with E-state index in [0.29, 0.717) is 5.56 Å². The Labute approximate surface area is 107 Å². The molecule has 1 fully saturated rings. The van der Waals surface area contributed by atoms with E-state index in [0.717, 1.165) is 32.2 Å². The van der Waals surface area contributed by atoms with Gasteiger partial charge in [-0.1, -0.05) is 12.1 Å². The van der Waals surface area contributed by atoms with Crippen molar-refractivity contribution in [2.75, 3.05) is 19.3 Å². The van der Waals surface area contributed by atoms with Gasteiger partial charge in [0.1, 0.15) is 0 Å². The Hall–Kier alpha value is -1.20. The lowest BCUT2D eigenvalue weighted by Crippen LogP contribution is -2.27. The Balaban J connectivity index is 2.16. The standard InChI is InChI=1S/C13H16NO3S/c1-18(16,17)12-4-2-10(3-5-12)13(15)11-6-8-14-9-7-11/h2-5,11H,6-9H2,1H3. The first-order valence-corrected chi connectivity index (χ1v) is 7.85. The number of ketones is 1. The van der Waals surface area contributed by atoms with Gasteiger partial charge in [-0.3, -0.25) is 4.79 Å². The highest BCUT2D eigenvalue weighted by Crippen LogP contribution is 2.20. The van der Waals surface area contributed by atoms with Gasteiger partial charge in [0.05, 0.1) is 4.90 Å². The molecule has 0 aliphatic carbocycles. The monoisotopic (exact) mass is 266 g/mol. The second-order valence-corrected chi connectivity index (χ2v) is 6.62. The van der Waals surface area contributed by atoms with Gasteiger partial charge in [0.25, 0.3) is 0 Å². The summed E-state index contributed by atoms with van der Waals surface area (Å²) in [5, 5.41) is 4.22. The number of Topliss-reactive ketones (excluding diaryl/α,β-unsaturated/α-hetero) is 1. The zero-order valence-electron chi connectivity index (χ0n) is 10.3. The van der Waals surface area contributed by atoms with Gasteiger partial charge in [-0.15, -0.1) is 0 Å². The SMILES string of the molecule is CS(=O)(=O)c1ccc(C(=O)C2CC[N]CC2)cc1. The summed E-state index contributed by atoms with van der Waals surface area (Å²) >= 11 is 0. The van der Waals surface area contributed by atoms with E-state index in [-0.39, 0.29) is 16.6 Å². The van der Waals surface area contributed by atoms with E-state index in [1.54, 1.807) is 12.1 Å². The molecule has 1 aliphatic rings. The first-order valence-electron chi connectivity index (χ1n) is 5.96. The van der Waals surface area contributed by atoms with E-state index < -0.39 is 9.84 Å². The third kappa shape index (κ3) is 2.97. The molecule has 1 heterocycles. The molecule has 0 amide bonds. The van der Waals surface area contributed by atoms with Gasteiger partial charge in [-0.2, -0.15) is 0 Å². The van der Waals surface area contributed by atoms with Gasteiger partial charge < -0.3 is 0 Å². The molecule has 1 aliphatic heterocycles. The molecule has 1 aromatic carbocycles. The lowest BCUT2D eigenvalue weighted by molar-refractivity contribution is 0.0894. The molecule has 97 valence electrons. The van der Waals surface area contributed by atoms with E-state index >= 15 is 0 Å². The van der Waals surface area contributed by atoms with E-state index in [1.807, 2.05) is 0 Å². The van der Waals surface area contributed by atoms with Gasteiger partial charge in [0.2, 0.25) is 0 Å². The molecule has 0 aromatic heterocycles. The zero-order chi connectivity index (χ0) is 13.2. The summed E-state index contributed by atoms with van der Waals surface area (Å²) < 4.78 is 22.6. The molecule has 0 bridgehead atoms. The zero-order valence-corrected chi connectivity index (χ0v) is 11.1. The highest BCUT2D eigenvalue weighted by atomic mass is 32.2. The molecular weight excluding hydrogens is 250 g/mol. The summed E-state index contributed by atoms with van der Waals surface area (Å²) in [6.45, 7) is 1.50. The van der Waals surface area contributed by atoms with Gasteiger partial charge in [-0.25, -0.2) is 13.7 Å². The van der Waals surface area contributed by atoms with Crippen LogP contribution in [0.5, 0.6) is 0 Å². The molecule has 0 N–H and O–H groups in total. The van der Waals surface area contributed by atoms with Crippen LogP contribution in [0.3, 0.4) is 0 Å². The summed E-state index contributed by atoms with van der Waals surface area (Å²) in [6.07, 6.45) is 2.76. The van der Waals surface area contributed by atoms with Crippen LogP contribution in [0, 0.1) is 5.92 Å². The third-order valence-corrected chi connectivity index (χ3v) is 4.34. The second-order valence-electron chi connectivity index (χ2n) is 4.61. The van der Waals surface area contributed by atoms with Crippen molar-refractivity contribution in [3.63, 3.8) is 0 Å². The predicted molar refractivity (Wildman–Crippen MR) is 68.5 cm³/mol. The Bertz CT molecular complexity index is 528. The molecular formula is C13H16NO3S. The molecule has 0 saturated carbocycles. The van der Waals surface area contributed by atoms with Gasteiger partial charge in [-0.05, 0) is 25.0 Å². The van der Waals surface area contributed by atoms with Crippen LogP contribution in [0.15, 0.2) is 29.2 Å². The maximum Gasteiger partial charge on any atom is 0.175 e. The number of benzene rings is 1. The minimum Gasteiger partial charge on any atom is -0.294 e. The number of nitrogens with zero attached hydrogens (tertiary/aromatic N) is 1. The first-order chi connectivity index (χ1) is 8.48. The summed E-state index contributed by atoms with van der Waals surface area (Å²) in [7, 11) is -3.20. The van der Waals surface area contributed by atoms with Crippen LogP contribution in [0.1, 0.15) is 23.2 Å². The summed E-state index contributed by atoms with van der Waals surface area (Å²) in [4.78, 5) is 12.4. The van der Waals surface area contributed by atoms with Crippen molar-refractivity contribution in [3.8, 4) is 0 Å². The molecule has 1 radical (unpaired) electrons. The van der Waals surface area contributed by atoms with Crippen molar-refractivity contribution in [2.45, 2.75) is 17.7 Å². The average Bonchev–Trinajstić information content (AvgIpc) is 2.38. The normalized spacial score (nSPS) is 17.6. The highest BCUT2D eigenvalue weighted by molar-refractivity contribution is 7.90. The van der Waals surface area contributed by atoms with Crippen LogP contribution < -0.4 is 5.32 Å². The van der Waals surface area contributed by atoms with E-state index in [9.17, 15) is 13.2 Å². The average molecular weight is 266 g/mol. The van der Waals surface area contributed by atoms with Gasteiger partial charge in [0.15, 0.2) is 15.6 Å². The first kappa shape index (κ1) is 13.2. The van der Waals surface area contributed by atoms with Gasteiger partial charge in [0, 0.05) is 30.8 Å². The van der Waals surface area contributed by atoms with Crippen molar-refractivity contribution in [1.29, 1.82) is 0 Å².